The monoisotopic (exact) mass is 806 g/mol. The lowest BCUT2D eigenvalue weighted by Gasteiger charge is -2.26. The van der Waals surface area contributed by atoms with E-state index in [0.29, 0.717) is 0 Å². The van der Waals surface area contributed by atoms with E-state index in [1.54, 1.807) is 12.4 Å². The van der Waals surface area contributed by atoms with Gasteiger partial charge >= 0.3 is 0 Å². The van der Waals surface area contributed by atoms with Crippen molar-refractivity contribution >= 4 is 60.8 Å². The minimum absolute atomic E-state index is 0.886. The van der Waals surface area contributed by atoms with E-state index in [0.717, 1.165) is 100 Å². The molecule has 0 atom stereocenters. The summed E-state index contributed by atoms with van der Waals surface area (Å²) in [6.07, 6.45) is 7.42. The van der Waals surface area contributed by atoms with E-state index < -0.39 is 0 Å². The lowest BCUT2D eigenvalue weighted by Crippen LogP contribution is -2.10. The van der Waals surface area contributed by atoms with Crippen LogP contribution in [0, 0.1) is 0 Å². The van der Waals surface area contributed by atoms with Gasteiger partial charge < -0.3 is 13.9 Å². The van der Waals surface area contributed by atoms with Crippen molar-refractivity contribution in [2.75, 3.05) is 4.90 Å². The molecule has 0 saturated carbocycles. The number of para-hydroxylation sites is 3. The third-order valence-electron chi connectivity index (χ3n) is 12.2. The Labute approximate surface area is 364 Å². The van der Waals surface area contributed by atoms with Crippen LogP contribution < -0.4 is 4.90 Å². The molecule has 0 radical (unpaired) electrons. The van der Waals surface area contributed by atoms with Crippen LogP contribution >= 0.6 is 0 Å². The van der Waals surface area contributed by atoms with Gasteiger partial charge in [0.2, 0.25) is 0 Å². The number of nitrogens with zero attached hydrogens (tertiary/aromatic N) is 4. The maximum Gasteiger partial charge on any atom is 0.159 e. The Morgan fingerprint density at radius 2 is 0.889 bits per heavy atom. The molecule has 0 aliphatic heterocycles. The molecular weight excluding hydrogens is 769 g/mol. The smallest absolute Gasteiger partial charge is 0.159 e. The topological polar surface area (TPSA) is 47.1 Å². The molecule has 12 aromatic rings. The van der Waals surface area contributed by atoms with Gasteiger partial charge in [-0.1, -0.05) is 127 Å². The normalized spacial score (nSPS) is 11.5. The number of rotatable bonds is 8. The Balaban J connectivity index is 0.947. The first kappa shape index (κ1) is 36.3. The lowest BCUT2D eigenvalue weighted by atomic mass is 9.97. The molecule has 63 heavy (non-hydrogen) atoms. The van der Waals surface area contributed by atoms with Crippen molar-refractivity contribution < 1.29 is 4.42 Å². The molecule has 8 aromatic carbocycles. The van der Waals surface area contributed by atoms with Crippen LogP contribution in [0.4, 0.5) is 17.1 Å². The first-order chi connectivity index (χ1) is 31.2. The Morgan fingerprint density at radius 1 is 0.349 bits per heavy atom. The summed E-state index contributed by atoms with van der Waals surface area (Å²) >= 11 is 0. The first-order valence-electron chi connectivity index (χ1n) is 21.2. The van der Waals surface area contributed by atoms with Gasteiger partial charge in [0.15, 0.2) is 5.58 Å². The summed E-state index contributed by atoms with van der Waals surface area (Å²) in [7, 11) is 0. The highest BCUT2D eigenvalue weighted by molar-refractivity contribution is 6.13. The maximum atomic E-state index is 6.59. The van der Waals surface area contributed by atoms with Gasteiger partial charge in [-0.15, -0.1) is 0 Å². The molecule has 0 spiro atoms. The molecular formula is C58H38N4O. The summed E-state index contributed by atoms with van der Waals surface area (Å²) < 4.78 is 8.95. The van der Waals surface area contributed by atoms with E-state index >= 15 is 0 Å². The van der Waals surface area contributed by atoms with Crippen LogP contribution in [-0.2, 0) is 0 Å². The molecule has 4 aromatic heterocycles. The van der Waals surface area contributed by atoms with E-state index in [-0.39, 0.29) is 0 Å². The molecule has 0 aliphatic rings. The molecule has 296 valence electrons. The second kappa shape index (κ2) is 15.2. The fraction of sp³-hybridized carbons (Fsp3) is 0. The van der Waals surface area contributed by atoms with Crippen LogP contribution in [0.1, 0.15) is 0 Å². The molecule has 4 heterocycles. The molecule has 0 aliphatic carbocycles. The summed E-state index contributed by atoms with van der Waals surface area (Å²) in [6, 6.07) is 73.6. The highest BCUT2D eigenvalue weighted by Crippen LogP contribution is 2.41. The van der Waals surface area contributed by atoms with Crippen molar-refractivity contribution in [2.45, 2.75) is 0 Å². The third-order valence-corrected chi connectivity index (χ3v) is 12.2. The predicted molar refractivity (Wildman–Crippen MR) is 260 cm³/mol. The number of benzene rings is 8. The average Bonchev–Trinajstić information content (AvgIpc) is 3.91. The Bertz CT molecular complexity index is 3530. The standard InChI is InChI=1S/C58H38N4O/c1-3-19-54-50(16-1)51-31-26-44(36-56(51)62(54)55-20-7-18-53-52-17-2-4-21-57(52)63-58(53)55)42-11-5-10-41(34-42)43-12-6-15-49(35-43)61(47-27-22-39(23-28-47)45-13-8-32-59-37-45)48-29-24-40(25-30-48)46-14-9-33-60-38-46/h1-38H. The van der Waals surface area contributed by atoms with Gasteiger partial charge in [-0.25, -0.2) is 0 Å². The van der Waals surface area contributed by atoms with Crippen molar-refractivity contribution in [3.63, 3.8) is 0 Å². The van der Waals surface area contributed by atoms with Gasteiger partial charge in [0.1, 0.15) is 5.58 Å². The molecule has 0 bridgehead atoms. The van der Waals surface area contributed by atoms with Crippen LogP contribution in [0.2, 0.25) is 0 Å². The van der Waals surface area contributed by atoms with Crippen molar-refractivity contribution in [3.05, 3.63) is 231 Å². The minimum Gasteiger partial charge on any atom is -0.454 e. The van der Waals surface area contributed by atoms with E-state index in [9.17, 15) is 0 Å². The number of hydrogen-bond donors (Lipinski definition) is 0. The average molecular weight is 807 g/mol. The number of hydrogen-bond acceptors (Lipinski definition) is 4. The van der Waals surface area contributed by atoms with Gasteiger partial charge in [0, 0.05) is 63.4 Å². The summed E-state index contributed by atoms with van der Waals surface area (Å²) in [6.45, 7) is 0. The number of fused-ring (bicyclic) bond motifs is 6. The lowest BCUT2D eigenvalue weighted by molar-refractivity contribution is 0.666. The van der Waals surface area contributed by atoms with E-state index in [1.807, 2.05) is 36.7 Å². The molecule has 5 nitrogen and oxygen atoms in total. The summed E-state index contributed by atoms with van der Waals surface area (Å²) in [4.78, 5) is 11.0. The van der Waals surface area contributed by atoms with Crippen LogP contribution in [0.25, 0.3) is 93.9 Å². The van der Waals surface area contributed by atoms with Crippen LogP contribution in [0.15, 0.2) is 235 Å². The van der Waals surface area contributed by atoms with Crippen molar-refractivity contribution in [1.29, 1.82) is 0 Å². The number of pyridine rings is 2. The molecule has 12 rings (SSSR count). The zero-order chi connectivity index (χ0) is 41.7. The second-order valence-electron chi connectivity index (χ2n) is 15.9. The second-order valence-corrected chi connectivity index (χ2v) is 15.9. The van der Waals surface area contributed by atoms with Gasteiger partial charge in [-0.3, -0.25) is 9.97 Å². The minimum atomic E-state index is 0.886. The molecule has 0 N–H and O–H groups in total. The third kappa shape index (κ3) is 6.42. The summed E-state index contributed by atoms with van der Waals surface area (Å²) in [5.74, 6) is 0. The SMILES string of the molecule is c1cncc(-c2ccc(N(c3ccc(-c4cccnc4)cc3)c3cccc(-c4cccc(-c5ccc6c7ccccc7n(-c7cccc8c7oc7ccccc78)c6c5)c4)c3)cc2)c1. The van der Waals surface area contributed by atoms with Crippen molar-refractivity contribution in [2.24, 2.45) is 0 Å². The quantitative estimate of drug-likeness (QED) is 0.153. The Kier molecular flexibility index (Phi) is 8.75. The molecule has 0 amide bonds. The zero-order valence-electron chi connectivity index (χ0n) is 34.1. The van der Waals surface area contributed by atoms with Crippen LogP contribution in [-0.4, -0.2) is 14.5 Å². The molecule has 0 saturated heterocycles. The van der Waals surface area contributed by atoms with Crippen molar-refractivity contribution in [3.8, 4) is 50.2 Å². The molecule has 0 unspecified atom stereocenters. The summed E-state index contributed by atoms with van der Waals surface area (Å²) in [5, 5.41) is 4.65. The van der Waals surface area contributed by atoms with Gasteiger partial charge in [-0.05, 0) is 123 Å². The first-order valence-corrected chi connectivity index (χ1v) is 21.2. The molecule has 5 heteroatoms. The fourth-order valence-corrected chi connectivity index (χ4v) is 9.14. The summed E-state index contributed by atoms with van der Waals surface area (Å²) in [5.41, 5.74) is 17.2. The number of anilines is 3. The van der Waals surface area contributed by atoms with Gasteiger partial charge in [0.05, 0.1) is 16.7 Å². The highest BCUT2D eigenvalue weighted by atomic mass is 16.3. The van der Waals surface area contributed by atoms with Gasteiger partial charge in [0.25, 0.3) is 0 Å². The van der Waals surface area contributed by atoms with Crippen molar-refractivity contribution in [1.82, 2.24) is 14.5 Å². The maximum absolute atomic E-state index is 6.59. The van der Waals surface area contributed by atoms with E-state index in [2.05, 4.69) is 201 Å². The van der Waals surface area contributed by atoms with E-state index in [1.165, 1.54) is 10.8 Å². The number of aromatic nitrogens is 3. The molecule has 0 fully saturated rings. The van der Waals surface area contributed by atoms with Gasteiger partial charge in [-0.2, -0.15) is 0 Å². The largest absolute Gasteiger partial charge is 0.454 e. The van der Waals surface area contributed by atoms with Crippen LogP contribution in [0.5, 0.6) is 0 Å². The van der Waals surface area contributed by atoms with Crippen LogP contribution in [0.3, 0.4) is 0 Å². The number of furan rings is 1. The highest BCUT2D eigenvalue weighted by Gasteiger charge is 2.19. The fourth-order valence-electron chi connectivity index (χ4n) is 9.14. The Morgan fingerprint density at radius 3 is 1.57 bits per heavy atom. The Hall–Kier alpha value is -8.54. The predicted octanol–water partition coefficient (Wildman–Crippen LogP) is 15.6. The zero-order valence-corrected chi connectivity index (χ0v) is 34.1. The van der Waals surface area contributed by atoms with E-state index in [4.69, 9.17) is 4.42 Å².